The molecule has 1 N–H and O–H groups in total. The minimum absolute atomic E-state index is 0.341. The van der Waals surface area contributed by atoms with Crippen molar-refractivity contribution in [3.05, 3.63) is 17.5 Å². The lowest BCUT2D eigenvalue weighted by Crippen LogP contribution is -2.41. The summed E-state index contributed by atoms with van der Waals surface area (Å²) in [4.78, 5) is 0. The first-order valence-corrected chi connectivity index (χ1v) is 7.43. The van der Waals surface area contributed by atoms with E-state index in [1.807, 2.05) is 4.68 Å². The van der Waals surface area contributed by atoms with Crippen molar-refractivity contribution in [2.24, 2.45) is 12.5 Å². The van der Waals surface area contributed by atoms with E-state index in [1.54, 1.807) is 0 Å². The lowest BCUT2D eigenvalue weighted by atomic mass is 9.76. The largest absolute Gasteiger partial charge is 0.381 e. The van der Waals surface area contributed by atoms with Gasteiger partial charge in [0.05, 0.1) is 5.69 Å². The molecule has 0 spiro atoms. The number of rotatable bonds is 6. The summed E-state index contributed by atoms with van der Waals surface area (Å²) in [5, 5.41) is 8.08. The first kappa shape index (κ1) is 14.5. The number of hydrogen-bond acceptors (Lipinski definition) is 3. The van der Waals surface area contributed by atoms with Crippen LogP contribution >= 0.6 is 0 Å². The molecule has 1 aromatic heterocycles. The Bertz CT molecular complexity index is 394. The average molecular weight is 265 g/mol. The molecule has 1 aromatic rings. The van der Waals surface area contributed by atoms with Crippen LogP contribution in [-0.2, 0) is 18.2 Å². The summed E-state index contributed by atoms with van der Waals surface area (Å²) in [6.07, 6.45) is 4.59. The van der Waals surface area contributed by atoms with Gasteiger partial charge in [0, 0.05) is 32.5 Å². The molecule has 4 heteroatoms. The van der Waals surface area contributed by atoms with E-state index in [2.05, 4.69) is 37.4 Å². The van der Waals surface area contributed by atoms with Crippen LogP contribution in [0.4, 0.5) is 0 Å². The Morgan fingerprint density at radius 2 is 2.16 bits per heavy atom. The second-order valence-electron chi connectivity index (χ2n) is 5.87. The highest BCUT2D eigenvalue weighted by Gasteiger charge is 2.33. The van der Waals surface area contributed by atoms with Crippen LogP contribution in [0.5, 0.6) is 0 Å². The molecule has 0 radical (unpaired) electrons. The van der Waals surface area contributed by atoms with Crippen LogP contribution in [0.3, 0.4) is 0 Å². The van der Waals surface area contributed by atoms with Crippen molar-refractivity contribution in [1.29, 1.82) is 0 Å². The standard InChI is InChI=1S/C15H27N3O/c1-4-7-16-12-15(5-8-19-9-6-15)11-14-10-13(2)17-18(14)3/h10,16H,4-9,11-12H2,1-3H3. The molecule has 1 fully saturated rings. The average Bonchev–Trinajstić information content (AvgIpc) is 2.69. The Balaban J connectivity index is 2.06. The molecule has 0 aliphatic carbocycles. The predicted octanol–water partition coefficient (Wildman–Crippen LogP) is 2.07. The van der Waals surface area contributed by atoms with E-state index in [4.69, 9.17) is 4.74 Å². The Morgan fingerprint density at radius 1 is 1.42 bits per heavy atom. The normalized spacial score (nSPS) is 18.7. The molecule has 4 nitrogen and oxygen atoms in total. The fraction of sp³-hybridized carbons (Fsp3) is 0.800. The van der Waals surface area contributed by atoms with Gasteiger partial charge in [-0.05, 0) is 50.6 Å². The van der Waals surface area contributed by atoms with E-state index < -0.39 is 0 Å². The Labute approximate surface area is 116 Å². The van der Waals surface area contributed by atoms with Crippen molar-refractivity contribution in [1.82, 2.24) is 15.1 Å². The van der Waals surface area contributed by atoms with Crippen molar-refractivity contribution in [3.8, 4) is 0 Å². The maximum Gasteiger partial charge on any atom is 0.0596 e. The highest BCUT2D eigenvalue weighted by atomic mass is 16.5. The monoisotopic (exact) mass is 265 g/mol. The minimum Gasteiger partial charge on any atom is -0.381 e. The van der Waals surface area contributed by atoms with E-state index in [0.29, 0.717) is 5.41 Å². The molecule has 19 heavy (non-hydrogen) atoms. The van der Waals surface area contributed by atoms with Gasteiger partial charge in [0.2, 0.25) is 0 Å². The zero-order valence-electron chi connectivity index (χ0n) is 12.5. The van der Waals surface area contributed by atoms with Crippen LogP contribution in [0.25, 0.3) is 0 Å². The highest BCUT2D eigenvalue weighted by molar-refractivity contribution is 5.11. The van der Waals surface area contributed by atoms with Crippen LogP contribution in [0.1, 0.15) is 37.6 Å². The van der Waals surface area contributed by atoms with Crippen LogP contribution in [0, 0.1) is 12.3 Å². The molecular weight excluding hydrogens is 238 g/mol. The van der Waals surface area contributed by atoms with Gasteiger partial charge in [0.1, 0.15) is 0 Å². The molecule has 0 saturated carbocycles. The second kappa shape index (κ2) is 6.53. The van der Waals surface area contributed by atoms with Gasteiger partial charge in [0.15, 0.2) is 0 Å². The summed E-state index contributed by atoms with van der Waals surface area (Å²) >= 11 is 0. The van der Waals surface area contributed by atoms with Gasteiger partial charge >= 0.3 is 0 Å². The van der Waals surface area contributed by atoms with Crippen LogP contribution < -0.4 is 5.32 Å². The molecule has 0 unspecified atom stereocenters. The molecule has 0 bridgehead atoms. The van der Waals surface area contributed by atoms with Crippen molar-refractivity contribution in [3.63, 3.8) is 0 Å². The molecule has 1 aliphatic rings. The maximum absolute atomic E-state index is 5.55. The van der Waals surface area contributed by atoms with Crippen molar-refractivity contribution < 1.29 is 4.74 Å². The maximum atomic E-state index is 5.55. The Kier molecular flexibility index (Phi) is 4.99. The van der Waals surface area contributed by atoms with Crippen molar-refractivity contribution in [2.45, 2.75) is 39.5 Å². The zero-order valence-corrected chi connectivity index (χ0v) is 12.5. The summed E-state index contributed by atoms with van der Waals surface area (Å²) in [5.74, 6) is 0. The molecule has 0 amide bonds. The van der Waals surface area contributed by atoms with E-state index in [9.17, 15) is 0 Å². The predicted molar refractivity (Wildman–Crippen MR) is 77.3 cm³/mol. The molecular formula is C15H27N3O. The van der Waals surface area contributed by atoms with Gasteiger partial charge in [-0.25, -0.2) is 0 Å². The van der Waals surface area contributed by atoms with Gasteiger partial charge in [-0.2, -0.15) is 5.10 Å². The first-order chi connectivity index (χ1) is 9.15. The SMILES string of the molecule is CCCNCC1(Cc2cc(C)nn2C)CCOCC1. The van der Waals surface area contributed by atoms with E-state index >= 15 is 0 Å². The number of nitrogens with one attached hydrogen (secondary N) is 1. The van der Waals surface area contributed by atoms with Crippen molar-refractivity contribution >= 4 is 0 Å². The van der Waals surface area contributed by atoms with Crippen LogP contribution in [0.15, 0.2) is 6.07 Å². The molecule has 0 atom stereocenters. The third-order valence-electron chi connectivity index (χ3n) is 4.14. The molecule has 2 heterocycles. The van der Waals surface area contributed by atoms with Gasteiger partial charge in [-0.15, -0.1) is 0 Å². The van der Waals surface area contributed by atoms with E-state index in [0.717, 1.165) is 51.3 Å². The first-order valence-electron chi connectivity index (χ1n) is 7.43. The van der Waals surface area contributed by atoms with Gasteiger partial charge in [0.25, 0.3) is 0 Å². The third kappa shape index (κ3) is 3.80. The zero-order chi connectivity index (χ0) is 13.7. The summed E-state index contributed by atoms with van der Waals surface area (Å²) < 4.78 is 7.59. The number of nitrogens with zero attached hydrogens (tertiary/aromatic N) is 2. The molecule has 2 rings (SSSR count). The fourth-order valence-corrected chi connectivity index (χ4v) is 2.96. The topological polar surface area (TPSA) is 39.1 Å². The summed E-state index contributed by atoms with van der Waals surface area (Å²) in [5.41, 5.74) is 2.80. The van der Waals surface area contributed by atoms with Crippen LogP contribution in [0.2, 0.25) is 0 Å². The quantitative estimate of drug-likeness (QED) is 0.800. The molecule has 1 aliphatic heterocycles. The lowest BCUT2D eigenvalue weighted by molar-refractivity contribution is 0.0142. The van der Waals surface area contributed by atoms with E-state index in [1.165, 1.54) is 12.1 Å². The van der Waals surface area contributed by atoms with Crippen molar-refractivity contribution in [2.75, 3.05) is 26.3 Å². The fourth-order valence-electron chi connectivity index (χ4n) is 2.96. The highest BCUT2D eigenvalue weighted by Crippen LogP contribution is 2.33. The number of aryl methyl sites for hydroxylation is 2. The molecule has 1 saturated heterocycles. The lowest BCUT2D eigenvalue weighted by Gasteiger charge is -2.37. The Hall–Kier alpha value is -0.870. The summed E-state index contributed by atoms with van der Waals surface area (Å²) in [7, 11) is 2.05. The second-order valence-corrected chi connectivity index (χ2v) is 5.87. The van der Waals surface area contributed by atoms with Gasteiger partial charge < -0.3 is 10.1 Å². The third-order valence-corrected chi connectivity index (χ3v) is 4.14. The minimum atomic E-state index is 0.341. The summed E-state index contributed by atoms with van der Waals surface area (Å²) in [6, 6.07) is 2.22. The number of aromatic nitrogens is 2. The summed E-state index contributed by atoms with van der Waals surface area (Å²) in [6.45, 7) is 8.26. The van der Waals surface area contributed by atoms with E-state index in [-0.39, 0.29) is 0 Å². The van der Waals surface area contributed by atoms with Gasteiger partial charge in [-0.3, -0.25) is 4.68 Å². The van der Waals surface area contributed by atoms with Crippen LogP contribution in [-0.4, -0.2) is 36.1 Å². The number of hydrogen-bond donors (Lipinski definition) is 1. The van der Waals surface area contributed by atoms with Gasteiger partial charge in [-0.1, -0.05) is 6.92 Å². The Morgan fingerprint density at radius 3 is 2.74 bits per heavy atom. The number of ether oxygens (including phenoxy) is 1. The molecule has 0 aromatic carbocycles. The smallest absolute Gasteiger partial charge is 0.0596 e. The molecule has 108 valence electrons.